The maximum atomic E-state index is 13.3. The van der Waals surface area contributed by atoms with Gasteiger partial charge in [-0.25, -0.2) is 4.79 Å². The number of carboxylic acids is 1. The lowest BCUT2D eigenvalue weighted by Gasteiger charge is -2.14. The zero-order valence-corrected chi connectivity index (χ0v) is 16.0. The number of aromatic nitrogens is 2. The predicted molar refractivity (Wildman–Crippen MR) is 101 cm³/mol. The van der Waals surface area contributed by atoms with E-state index in [9.17, 15) is 27.9 Å². The molecule has 3 aromatic rings. The van der Waals surface area contributed by atoms with Crippen molar-refractivity contribution in [3.8, 4) is 11.4 Å². The van der Waals surface area contributed by atoms with Crippen LogP contribution in [0.25, 0.3) is 16.6 Å². The maximum Gasteiger partial charge on any atom is 0.416 e. The highest BCUT2D eigenvalue weighted by atomic mass is 19.4. The molecule has 1 N–H and O–H groups in total. The first-order valence-electron chi connectivity index (χ1n) is 8.92. The van der Waals surface area contributed by atoms with Gasteiger partial charge in [0.05, 0.1) is 17.7 Å². The summed E-state index contributed by atoms with van der Waals surface area (Å²) >= 11 is 0. The second kappa shape index (κ2) is 7.31. The van der Waals surface area contributed by atoms with Crippen LogP contribution in [0.1, 0.15) is 35.6 Å². The third-order valence-corrected chi connectivity index (χ3v) is 4.71. The molecule has 3 rings (SSSR count). The van der Waals surface area contributed by atoms with Crippen molar-refractivity contribution in [2.45, 2.75) is 26.4 Å². The Morgan fingerprint density at radius 3 is 2.28 bits per heavy atom. The van der Waals surface area contributed by atoms with Crippen LogP contribution in [0.5, 0.6) is 5.75 Å². The average molecular weight is 408 g/mol. The quantitative estimate of drug-likeness (QED) is 0.693. The van der Waals surface area contributed by atoms with E-state index in [1.165, 1.54) is 28.3 Å². The molecule has 0 aliphatic rings. The first-order chi connectivity index (χ1) is 13.6. The van der Waals surface area contributed by atoms with Gasteiger partial charge >= 0.3 is 12.1 Å². The Bertz CT molecular complexity index is 1140. The second-order valence-corrected chi connectivity index (χ2v) is 6.41. The molecule has 154 valence electrons. The first kappa shape index (κ1) is 20.5. The highest BCUT2D eigenvalue weighted by molar-refractivity contribution is 6.00. The number of aromatic carboxylic acids is 1. The summed E-state index contributed by atoms with van der Waals surface area (Å²) in [5.41, 5.74) is -0.364. The van der Waals surface area contributed by atoms with Gasteiger partial charge in [-0.2, -0.15) is 13.2 Å². The standard InChI is InChI=1S/C20H19F3N2O4/c1-4-12-10-14-15(17(29-5-2)16(19(27)28)24(14)3)18(26)25(12)13-8-6-11(7-9-13)20(21,22)23/h6-10H,4-5H2,1-3H3,(H,27,28). The van der Waals surface area contributed by atoms with Gasteiger partial charge in [0.25, 0.3) is 5.56 Å². The van der Waals surface area contributed by atoms with Crippen molar-refractivity contribution in [3.63, 3.8) is 0 Å². The van der Waals surface area contributed by atoms with Crippen molar-refractivity contribution in [1.29, 1.82) is 0 Å². The van der Waals surface area contributed by atoms with Gasteiger partial charge < -0.3 is 14.4 Å². The number of hydrogen-bond donors (Lipinski definition) is 1. The van der Waals surface area contributed by atoms with Crippen molar-refractivity contribution >= 4 is 16.9 Å². The average Bonchev–Trinajstić information content (AvgIpc) is 2.93. The number of nitrogens with zero attached hydrogens (tertiary/aromatic N) is 2. The summed E-state index contributed by atoms with van der Waals surface area (Å²) in [6, 6.07) is 5.90. The summed E-state index contributed by atoms with van der Waals surface area (Å²) in [7, 11) is 1.52. The van der Waals surface area contributed by atoms with E-state index in [1.54, 1.807) is 19.9 Å². The molecule has 6 nitrogen and oxygen atoms in total. The van der Waals surface area contributed by atoms with Crippen molar-refractivity contribution in [2.75, 3.05) is 6.61 Å². The lowest BCUT2D eigenvalue weighted by atomic mass is 10.1. The highest BCUT2D eigenvalue weighted by Crippen LogP contribution is 2.33. The van der Waals surface area contributed by atoms with Crippen molar-refractivity contribution < 1.29 is 27.8 Å². The molecule has 1 aromatic carbocycles. The highest BCUT2D eigenvalue weighted by Gasteiger charge is 2.30. The monoisotopic (exact) mass is 408 g/mol. The molecule has 0 aliphatic carbocycles. The molecule has 0 aliphatic heterocycles. The summed E-state index contributed by atoms with van der Waals surface area (Å²) in [4.78, 5) is 25.1. The molecular weight excluding hydrogens is 389 g/mol. The SMILES string of the molecule is CCOc1c(C(=O)O)n(C)c2cc(CC)n(-c3ccc(C(F)(F)F)cc3)c(=O)c12. The zero-order valence-electron chi connectivity index (χ0n) is 16.0. The van der Waals surface area contributed by atoms with Gasteiger partial charge in [-0.05, 0) is 43.7 Å². The van der Waals surface area contributed by atoms with Crippen molar-refractivity contribution in [3.05, 3.63) is 57.6 Å². The molecule has 0 unspecified atom stereocenters. The van der Waals surface area contributed by atoms with Crippen LogP contribution in [-0.4, -0.2) is 26.8 Å². The normalized spacial score (nSPS) is 11.8. The Morgan fingerprint density at radius 1 is 1.17 bits per heavy atom. The van der Waals surface area contributed by atoms with E-state index in [2.05, 4.69) is 0 Å². The van der Waals surface area contributed by atoms with Gasteiger partial charge in [0.1, 0.15) is 5.39 Å². The Morgan fingerprint density at radius 2 is 1.79 bits per heavy atom. The summed E-state index contributed by atoms with van der Waals surface area (Å²) < 4.78 is 46.8. The van der Waals surface area contributed by atoms with Crippen LogP contribution in [0.3, 0.4) is 0 Å². The van der Waals surface area contributed by atoms with Crippen LogP contribution < -0.4 is 10.3 Å². The van der Waals surface area contributed by atoms with E-state index < -0.39 is 23.3 Å². The van der Waals surface area contributed by atoms with Gasteiger partial charge in [-0.15, -0.1) is 0 Å². The van der Waals surface area contributed by atoms with Crippen molar-refractivity contribution in [2.24, 2.45) is 7.05 Å². The fourth-order valence-electron chi connectivity index (χ4n) is 3.38. The maximum absolute atomic E-state index is 13.3. The number of fused-ring (bicyclic) bond motifs is 1. The molecule has 0 spiro atoms. The van der Waals surface area contributed by atoms with Crippen LogP contribution in [0.15, 0.2) is 35.1 Å². The molecule has 0 radical (unpaired) electrons. The topological polar surface area (TPSA) is 73.5 Å². The molecule has 0 atom stereocenters. The Kier molecular flexibility index (Phi) is 5.16. The minimum atomic E-state index is -4.49. The van der Waals surface area contributed by atoms with Gasteiger partial charge in [0.15, 0.2) is 11.4 Å². The fraction of sp³-hybridized carbons (Fsp3) is 0.300. The summed E-state index contributed by atoms with van der Waals surface area (Å²) in [6.07, 6.45) is -4.08. The number of pyridine rings is 1. The number of hydrogen-bond acceptors (Lipinski definition) is 3. The summed E-state index contributed by atoms with van der Waals surface area (Å²) in [6.45, 7) is 3.61. The van der Waals surface area contributed by atoms with Gasteiger partial charge in [0, 0.05) is 18.4 Å². The number of ether oxygens (including phenoxy) is 1. The van der Waals surface area contributed by atoms with E-state index in [-0.39, 0.29) is 29.1 Å². The first-order valence-corrected chi connectivity index (χ1v) is 8.92. The lowest BCUT2D eigenvalue weighted by molar-refractivity contribution is -0.137. The minimum Gasteiger partial charge on any atom is -0.490 e. The third kappa shape index (κ3) is 3.37. The van der Waals surface area contributed by atoms with Crippen LogP contribution in [0.2, 0.25) is 0 Å². The van der Waals surface area contributed by atoms with E-state index >= 15 is 0 Å². The molecule has 9 heteroatoms. The van der Waals surface area contributed by atoms with E-state index in [4.69, 9.17) is 4.74 Å². The number of alkyl halides is 3. The molecule has 29 heavy (non-hydrogen) atoms. The summed E-state index contributed by atoms with van der Waals surface area (Å²) in [5, 5.41) is 9.64. The molecule has 0 fully saturated rings. The van der Waals surface area contributed by atoms with Crippen LogP contribution in [-0.2, 0) is 19.6 Å². The molecule has 2 aromatic heterocycles. The largest absolute Gasteiger partial charge is 0.490 e. The Balaban J connectivity index is 2.36. The van der Waals surface area contributed by atoms with Gasteiger partial charge in [-0.3, -0.25) is 9.36 Å². The zero-order chi connectivity index (χ0) is 21.5. The number of rotatable bonds is 5. The van der Waals surface area contributed by atoms with Crippen LogP contribution in [0.4, 0.5) is 13.2 Å². The molecule has 0 amide bonds. The van der Waals surface area contributed by atoms with Crippen LogP contribution in [0, 0.1) is 0 Å². The fourth-order valence-corrected chi connectivity index (χ4v) is 3.38. The number of halogens is 3. The Labute approximate surface area is 163 Å². The van der Waals surface area contributed by atoms with E-state index in [0.29, 0.717) is 17.6 Å². The molecule has 0 bridgehead atoms. The van der Waals surface area contributed by atoms with Crippen molar-refractivity contribution in [1.82, 2.24) is 9.13 Å². The minimum absolute atomic E-state index is 0.0502. The van der Waals surface area contributed by atoms with E-state index in [0.717, 1.165) is 12.1 Å². The number of aryl methyl sites for hydroxylation is 2. The molecule has 0 saturated carbocycles. The molecule has 2 heterocycles. The predicted octanol–water partition coefficient (Wildman–Crippen LogP) is 4.01. The number of benzene rings is 1. The second-order valence-electron chi connectivity index (χ2n) is 6.41. The van der Waals surface area contributed by atoms with Gasteiger partial charge in [0.2, 0.25) is 0 Å². The number of carboxylic acid groups (broad SMARTS) is 1. The van der Waals surface area contributed by atoms with Gasteiger partial charge in [-0.1, -0.05) is 6.92 Å². The lowest BCUT2D eigenvalue weighted by Crippen LogP contribution is -2.22. The smallest absolute Gasteiger partial charge is 0.416 e. The Hall–Kier alpha value is -3.23. The third-order valence-electron chi connectivity index (χ3n) is 4.71. The van der Waals surface area contributed by atoms with E-state index in [1.807, 2.05) is 0 Å². The molecule has 0 saturated heterocycles. The van der Waals surface area contributed by atoms with Crippen LogP contribution >= 0.6 is 0 Å². The molecular formula is C20H19F3N2O4. The summed E-state index contributed by atoms with van der Waals surface area (Å²) in [5.74, 6) is -1.29. The number of carbonyl (C=O) groups is 1.